The van der Waals surface area contributed by atoms with Crippen molar-refractivity contribution in [3.05, 3.63) is 72.5 Å². The standard InChI is InChI=1S/C21H27N3S/c1-18-8-4-3-7-14-23-21(12-16-25-17-13-21)20(24-18)22-15-11-19-9-5-2-6-10-19/h2-10,23H,1,11-17H2,(H,22,24). The van der Waals surface area contributed by atoms with E-state index in [1.807, 2.05) is 23.9 Å². The summed E-state index contributed by atoms with van der Waals surface area (Å²) in [5.41, 5.74) is 2.15. The zero-order valence-corrected chi connectivity index (χ0v) is 15.5. The van der Waals surface area contributed by atoms with E-state index >= 15 is 0 Å². The van der Waals surface area contributed by atoms with Crippen molar-refractivity contribution in [2.45, 2.75) is 24.8 Å². The van der Waals surface area contributed by atoms with Crippen molar-refractivity contribution in [3.8, 4) is 0 Å². The van der Waals surface area contributed by atoms with Crippen molar-refractivity contribution in [2.75, 3.05) is 24.6 Å². The van der Waals surface area contributed by atoms with Crippen LogP contribution in [0.15, 0.2) is 71.9 Å². The van der Waals surface area contributed by atoms with Gasteiger partial charge in [0.1, 0.15) is 5.84 Å². The van der Waals surface area contributed by atoms with Gasteiger partial charge in [-0.25, -0.2) is 0 Å². The molecule has 2 aliphatic rings. The van der Waals surface area contributed by atoms with Gasteiger partial charge >= 0.3 is 0 Å². The summed E-state index contributed by atoms with van der Waals surface area (Å²) in [7, 11) is 0. The molecule has 3 nitrogen and oxygen atoms in total. The monoisotopic (exact) mass is 353 g/mol. The molecular formula is C21H27N3S. The van der Waals surface area contributed by atoms with Crippen LogP contribution in [0.4, 0.5) is 0 Å². The summed E-state index contributed by atoms with van der Waals surface area (Å²) in [6.07, 6.45) is 11.4. The second-order valence-electron chi connectivity index (χ2n) is 6.48. The number of aliphatic imine (C=N–C) groups is 1. The summed E-state index contributed by atoms with van der Waals surface area (Å²) in [5, 5.41) is 7.25. The normalized spacial score (nSPS) is 22.1. The second-order valence-corrected chi connectivity index (χ2v) is 7.70. The Balaban J connectivity index is 1.80. The summed E-state index contributed by atoms with van der Waals surface area (Å²) in [6, 6.07) is 10.6. The van der Waals surface area contributed by atoms with Crippen molar-refractivity contribution in [2.24, 2.45) is 4.99 Å². The summed E-state index contributed by atoms with van der Waals surface area (Å²) < 4.78 is 0. The van der Waals surface area contributed by atoms with Crippen molar-refractivity contribution >= 4 is 17.6 Å². The number of allylic oxidation sites excluding steroid dienone is 3. The highest BCUT2D eigenvalue weighted by Gasteiger charge is 2.37. The van der Waals surface area contributed by atoms with Crippen LogP contribution in [0.3, 0.4) is 0 Å². The number of nitrogens with zero attached hydrogens (tertiary/aromatic N) is 1. The van der Waals surface area contributed by atoms with Crippen LogP contribution in [0.5, 0.6) is 0 Å². The van der Waals surface area contributed by atoms with Crippen LogP contribution in [0, 0.1) is 0 Å². The van der Waals surface area contributed by atoms with Gasteiger partial charge in [0.2, 0.25) is 0 Å². The lowest BCUT2D eigenvalue weighted by Crippen LogP contribution is -2.58. The van der Waals surface area contributed by atoms with E-state index in [1.54, 1.807) is 0 Å². The fourth-order valence-electron chi connectivity index (χ4n) is 3.24. The van der Waals surface area contributed by atoms with Crippen LogP contribution in [0.2, 0.25) is 0 Å². The van der Waals surface area contributed by atoms with E-state index in [4.69, 9.17) is 4.99 Å². The van der Waals surface area contributed by atoms with Gasteiger partial charge in [0.25, 0.3) is 0 Å². The third-order valence-electron chi connectivity index (χ3n) is 4.69. The fraction of sp³-hybridized carbons (Fsp3) is 0.381. The molecule has 1 fully saturated rings. The minimum Gasteiger partial charge on any atom is -0.343 e. The average Bonchev–Trinajstić information content (AvgIpc) is 2.65. The van der Waals surface area contributed by atoms with Crippen LogP contribution in [-0.2, 0) is 6.42 Å². The van der Waals surface area contributed by atoms with E-state index in [2.05, 4.69) is 59.7 Å². The van der Waals surface area contributed by atoms with Gasteiger partial charge in [-0.3, -0.25) is 4.99 Å². The lowest BCUT2D eigenvalue weighted by atomic mass is 9.89. The molecule has 0 saturated carbocycles. The quantitative estimate of drug-likeness (QED) is 0.870. The van der Waals surface area contributed by atoms with Gasteiger partial charge in [0, 0.05) is 18.8 Å². The Morgan fingerprint density at radius 2 is 1.92 bits per heavy atom. The predicted molar refractivity (Wildman–Crippen MR) is 110 cm³/mol. The van der Waals surface area contributed by atoms with Crippen molar-refractivity contribution in [1.29, 1.82) is 0 Å². The Labute approximate surface area is 155 Å². The van der Waals surface area contributed by atoms with Gasteiger partial charge in [0.15, 0.2) is 0 Å². The molecule has 1 aromatic rings. The number of rotatable bonds is 3. The molecule has 0 radical (unpaired) electrons. The lowest BCUT2D eigenvalue weighted by Gasteiger charge is -2.39. The van der Waals surface area contributed by atoms with Gasteiger partial charge in [-0.15, -0.1) is 0 Å². The molecule has 1 spiro atoms. The maximum atomic E-state index is 4.99. The zero-order valence-electron chi connectivity index (χ0n) is 14.7. The minimum atomic E-state index is -0.0690. The largest absolute Gasteiger partial charge is 0.343 e. The SMILES string of the molecule is C=C1C=CC=CCNC2(CCSCC2)C(=NCCc2ccccc2)N1. The first kappa shape index (κ1) is 18.0. The highest BCUT2D eigenvalue weighted by atomic mass is 32.2. The third-order valence-corrected chi connectivity index (χ3v) is 5.68. The number of hydrogen-bond acceptors (Lipinski definition) is 3. The molecule has 0 aliphatic carbocycles. The molecule has 1 saturated heterocycles. The van der Waals surface area contributed by atoms with Crippen molar-refractivity contribution < 1.29 is 0 Å². The minimum absolute atomic E-state index is 0.0690. The highest BCUT2D eigenvalue weighted by Crippen LogP contribution is 2.28. The topological polar surface area (TPSA) is 36.4 Å². The Morgan fingerprint density at radius 3 is 2.72 bits per heavy atom. The first-order valence-corrected chi connectivity index (χ1v) is 10.1. The molecule has 3 rings (SSSR count). The Kier molecular flexibility index (Phi) is 6.54. The molecule has 0 bridgehead atoms. The van der Waals surface area contributed by atoms with Crippen LogP contribution in [-0.4, -0.2) is 36.0 Å². The van der Waals surface area contributed by atoms with Crippen molar-refractivity contribution in [3.63, 3.8) is 0 Å². The van der Waals surface area contributed by atoms with E-state index in [9.17, 15) is 0 Å². The van der Waals surface area contributed by atoms with Gasteiger partial charge in [0.05, 0.1) is 5.54 Å². The molecule has 4 heteroatoms. The molecule has 132 valence electrons. The van der Waals surface area contributed by atoms with Crippen LogP contribution in [0.25, 0.3) is 0 Å². The van der Waals surface area contributed by atoms with E-state index in [0.717, 1.165) is 43.9 Å². The summed E-state index contributed by atoms with van der Waals surface area (Å²) >= 11 is 2.03. The maximum Gasteiger partial charge on any atom is 0.121 e. The predicted octanol–water partition coefficient (Wildman–Crippen LogP) is 3.71. The molecule has 2 N–H and O–H groups in total. The Hall–Kier alpha value is -1.78. The molecule has 1 aromatic carbocycles. The molecule has 2 aliphatic heterocycles. The van der Waals surface area contributed by atoms with Gasteiger partial charge in [-0.2, -0.15) is 11.8 Å². The van der Waals surface area contributed by atoms with E-state index in [0.29, 0.717) is 0 Å². The summed E-state index contributed by atoms with van der Waals surface area (Å²) in [4.78, 5) is 4.99. The van der Waals surface area contributed by atoms with Gasteiger partial charge in [-0.1, -0.05) is 55.1 Å². The molecule has 2 heterocycles. The molecular weight excluding hydrogens is 326 g/mol. The lowest BCUT2D eigenvalue weighted by molar-refractivity contribution is 0.412. The molecule has 25 heavy (non-hydrogen) atoms. The molecule has 0 atom stereocenters. The second kappa shape index (κ2) is 9.07. The molecule has 0 aromatic heterocycles. The first-order valence-electron chi connectivity index (χ1n) is 8.99. The fourth-order valence-corrected chi connectivity index (χ4v) is 4.43. The van der Waals surface area contributed by atoms with Gasteiger partial charge in [-0.05, 0) is 42.4 Å². The Morgan fingerprint density at radius 1 is 1.12 bits per heavy atom. The summed E-state index contributed by atoms with van der Waals surface area (Å²) in [6.45, 7) is 5.79. The smallest absolute Gasteiger partial charge is 0.121 e. The zero-order chi connectivity index (χ0) is 17.4. The maximum absolute atomic E-state index is 4.99. The highest BCUT2D eigenvalue weighted by molar-refractivity contribution is 7.99. The number of amidine groups is 1. The average molecular weight is 354 g/mol. The Bertz CT molecular complexity index is 655. The van der Waals surface area contributed by atoms with Crippen LogP contribution < -0.4 is 10.6 Å². The molecule has 0 amide bonds. The molecule has 0 unspecified atom stereocenters. The summed E-state index contributed by atoms with van der Waals surface area (Å²) in [5.74, 6) is 3.38. The third kappa shape index (κ3) is 5.10. The number of benzene rings is 1. The number of nitrogens with one attached hydrogen (secondary N) is 2. The first-order chi connectivity index (χ1) is 12.3. The van der Waals surface area contributed by atoms with E-state index in [-0.39, 0.29) is 5.54 Å². The van der Waals surface area contributed by atoms with Gasteiger partial charge < -0.3 is 10.6 Å². The van der Waals surface area contributed by atoms with E-state index in [1.165, 1.54) is 17.1 Å². The number of thioether (sulfide) groups is 1. The van der Waals surface area contributed by atoms with Crippen molar-refractivity contribution in [1.82, 2.24) is 10.6 Å². The van der Waals surface area contributed by atoms with Crippen LogP contribution >= 0.6 is 11.8 Å². The van der Waals surface area contributed by atoms with E-state index < -0.39 is 0 Å². The van der Waals surface area contributed by atoms with Crippen LogP contribution in [0.1, 0.15) is 18.4 Å². The number of hydrogen-bond donors (Lipinski definition) is 2.